The molecule has 0 aromatic heterocycles. The molecular formula is C14H14F3NOS. The van der Waals surface area contributed by atoms with Gasteiger partial charge in [-0.3, -0.25) is 0 Å². The Kier molecular flexibility index (Phi) is 4.19. The van der Waals surface area contributed by atoms with Crippen LogP contribution in [0.2, 0.25) is 0 Å². The highest BCUT2D eigenvalue weighted by Gasteiger charge is 2.38. The van der Waals surface area contributed by atoms with Gasteiger partial charge in [0.05, 0.1) is 23.8 Å². The van der Waals surface area contributed by atoms with E-state index in [2.05, 4.69) is 12.6 Å². The van der Waals surface area contributed by atoms with Crippen LogP contribution < -0.4 is 4.74 Å². The van der Waals surface area contributed by atoms with Gasteiger partial charge in [-0.2, -0.15) is 31.1 Å². The first-order valence-corrected chi connectivity index (χ1v) is 6.88. The van der Waals surface area contributed by atoms with Gasteiger partial charge in [0.2, 0.25) is 0 Å². The Bertz CT molecular complexity index is 527. The maximum atomic E-state index is 13.0. The molecule has 1 aliphatic rings. The summed E-state index contributed by atoms with van der Waals surface area (Å²) >= 11 is 4.25. The minimum absolute atomic E-state index is 0.0303. The standard InChI is InChI=1S/C14H14F3NOS/c15-14(16,17)11-6-10(7-18)2-3-12(11)19-8-13(9-20)4-1-5-13/h2-3,6,20H,1,4-5,8-9H2. The van der Waals surface area contributed by atoms with Gasteiger partial charge >= 0.3 is 6.18 Å². The topological polar surface area (TPSA) is 33.0 Å². The van der Waals surface area contributed by atoms with Gasteiger partial charge < -0.3 is 4.74 Å². The van der Waals surface area contributed by atoms with E-state index in [4.69, 9.17) is 10.00 Å². The van der Waals surface area contributed by atoms with Crippen molar-refractivity contribution in [2.24, 2.45) is 5.41 Å². The molecule has 1 fully saturated rings. The zero-order chi connectivity index (χ0) is 14.8. The molecular weight excluding hydrogens is 287 g/mol. The summed E-state index contributed by atoms with van der Waals surface area (Å²) in [7, 11) is 0. The van der Waals surface area contributed by atoms with Crippen molar-refractivity contribution in [2.45, 2.75) is 25.4 Å². The van der Waals surface area contributed by atoms with Crippen LogP contribution in [0.4, 0.5) is 13.2 Å². The molecule has 1 aromatic rings. The van der Waals surface area contributed by atoms with Gasteiger partial charge in [0.25, 0.3) is 0 Å². The van der Waals surface area contributed by atoms with Crippen LogP contribution in [0, 0.1) is 16.7 Å². The molecule has 2 nitrogen and oxygen atoms in total. The number of ether oxygens (including phenoxy) is 1. The third-order valence-corrected chi connectivity index (χ3v) is 4.37. The molecule has 0 atom stereocenters. The Balaban J connectivity index is 2.21. The second-order valence-electron chi connectivity index (χ2n) is 5.12. The van der Waals surface area contributed by atoms with Gasteiger partial charge in [-0.05, 0) is 36.8 Å². The molecule has 0 unspecified atom stereocenters. The van der Waals surface area contributed by atoms with Crippen molar-refractivity contribution in [2.75, 3.05) is 12.4 Å². The van der Waals surface area contributed by atoms with Gasteiger partial charge in [0.1, 0.15) is 5.75 Å². The summed E-state index contributed by atoms with van der Waals surface area (Å²) in [5.41, 5.74) is -1.04. The van der Waals surface area contributed by atoms with Crippen molar-refractivity contribution in [3.63, 3.8) is 0 Å². The maximum absolute atomic E-state index is 13.0. The minimum atomic E-state index is -4.53. The predicted molar refractivity (Wildman–Crippen MR) is 71.8 cm³/mol. The van der Waals surface area contributed by atoms with Crippen LogP contribution >= 0.6 is 12.6 Å². The molecule has 108 valence electrons. The SMILES string of the molecule is N#Cc1ccc(OCC2(CS)CCC2)c(C(F)(F)F)c1. The summed E-state index contributed by atoms with van der Waals surface area (Å²) in [4.78, 5) is 0. The predicted octanol–water partition coefficient (Wildman–Crippen LogP) is 4.06. The Morgan fingerprint density at radius 2 is 2.05 bits per heavy atom. The Labute approximate surface area is 121 Å². The van der Waals surface area contributed by atoms with E-state index < -0.39 is 11.7 Å². The lowest BCUT2D eigenvalue weighted by atomic mass is 9.71. The second kappa shape index (κ2) is 5.57. The number of alkyl halides is 3. The van der Waals surface area contributed by atoms with Crippen LogP contribution in [-0.4, -0.2) is 12.4 Å². The average Bonchev–Trinajstić information content (AvgIpc) is 2.37. The number of nitriles is 1. The van der Waals surface area contributed by atoms with Crippen LogP contribution in [0.25, 0.3) is 0 Å². The molecule has 6 heteroatoms. The summed E-state index contributed by atoms with van der Waals surface area (Å²) in [6.45, 7) is 0.228. The second-order valence-corrected chi connectivity index (χ2v) is 5.44. The molecule has 20 heavy (non-hydrogen) atoms. The van der Waals surface area contributed by atoms with E-state index >= 15 is 0 Å². The average molecular weight is 301 g/mol. The van der Waals surface area contributed by atoms with E-state index in [1.165, 1.54) is 12.1 Å². The first-order chi connectivity index (χ1) is 9.40. The molecule has 0 aliphatic heterocycles. The molecule has 0 amide bonds. The van der Waals surface area contributed by atoms with Gasteiger partial charge in [0.15, 0.2) is 0 Å². The highest BCUT2D eigenvalue weighted by atomic mass is 32.1. The first-order valence-electron chi connectivity index (χ1n) is 6.25. The molecule has 0 radical (unpaired) electrons. The van der Waals surface area contributed by atoms with Crippen LogP contribution in [0.3, 0.4) is 0 Å². The highest BCUT2D eigenvalue weighted by molar-refractivity contribution is 7.80. The van der Waals surface area contributed by atoms with Gasteiger partial charge in [-0.15, -0.1) is 0 Å². The van der Waals surface area contributed by atoms with Crippen molar-refractivity contribution in [1.29, 1.82) is 5.26 Å². The molecule has 0 bridgehead atoms. The molecule has 2 rings (SSSR count). The number of rotatable bonds is 4. The normalized spacial score (nSPS) is 17.1. The molecule has 1 saturated carbocycles. The van der Waals surface area contributed by atoms with Crippen molar-refractivity contribution >= 4 is 12.6 Å². The summed E-state index contributed by atoms with van der Waals surface area (Å²) < 4.78 is 44.3. The zero-order valence-electron chi connectivity index (χ0n) is 10.7. The van der Waals surface area contributed by atoms with E-state index in [1.54, 1.807) is 6.07 Å². The van der Waals surface area contributed by atoms with Gasteiger partial charge in [-0.25, -0.2) is 0 Å². The van der Waals surface area contributed by atoms with Crippen molar-refractivity contribution in [1.82, 2.24) is 0 Å². The monoisotopic (exact) mass is 301 g/mol. The van der Waals surface area contributed by atoms with E-state index in [0.29, 0.717) is 5.75 Å². The van der Waals surface area contributed by atoms with E-state index in [1.807, 2.05) is 0 Å². The van der Waals surface area contributed by atoms with Crippen molar-refractivity contribution < 1.29 is 17.9 Å². The minimum Gasteiger partial charge on any atom is -0.492 e. The molecule has 0 heterocycles. The fourth-order valence-corrected chi connectivity index (χ4v) is 2.61. The first kappa shape index (κ1) is 15.0. The molecule has 1 aromatic carbocycles. The third kappa shape index (κ3) is 3.04. The van der Waals surface area contributed by atoms with E-state index in [9.17, 15) is 13.2 Å². The summed E-state index contributed by atoms with van der Waals surface area (Å²) in [5.74, 6) is 0.384. The fourth-order valence-electron chi connectivity index (χ4n) is 2.20. The summed E-state index contributed by atoms with van der Waals surface area (Å²) in [6.07, 6.45) is -1.62. The largest absolute Gasteiger partial charge is 0.492 e. The van der Waals surface area contributed by atoms with Gasteiger partial charge in [0, 0.05) is 5.41 Å². The van der Waals surface area contributed by atoms with Crippen molar-refractivity contribution in [3.8, 4) is 11.8 Å². The number of hydrogen-bond acceptors (Lipinski definition) is 3. The lowest BCUT2D eigenvalue weighted by Gasteiger charge is -2.40. The smallest absolute Gasteiger partial charge is 0.420 e. The highest BCUT2D eigenvalue weighted by Crippen LogP contribution is 2.43. The summed E-state index contributed by atoms with van der Waals surface area (Å²) in [5, 5.41) is 8.69. The number of halogens is 3. The van der Waals surface area contributed by atoms with Gasteiger partial charge in [-0.1, -0.05) is 6.42 Å². The fraction of sp³-hybridized carbons (Fsp3) is 0.500. The van der Waals surface area contributed by atoms with Crippen LogP contribution in [0.15, 0.2) is 18.2 Å². The lowest BCUT2D eigenvalue weighted by molar-refractivity contribution is -0.139. The zero-order valence-corrected chi connectivity index (χ0v) is 11.6. The number of hydrogen-bond donors (Lipinski definition) is 1. The van der Waals surface area contributed by atoms with E-state index in [0.717, 1.165) is 25.3 Å². The van der Waals surface area contributed by atoms with Crippen LogP contribution in [-0.2, 0) is 6.18 Å². The van der Waals surface area contributed by atoms with E-state index in [-0.39, 0.29) is 23.3 Å². The summed E-state index contributed by atoms with van der Waals surface area (Å²) in [6, 6.07) is 5.07. The molecule has 0 spiro atoms. The Hall–Kier alpha value is -1.35. The lowest BCUT2D eigenvalue weighted by Crippen LogP contribution is -2.37. The number of benzene rings is 1. The Morgan fingerprint density at radius 3 is 2.50 bits per heavy atom. The third-order valence-electron chi connectivity index (χ3n) is 3.70. The quantitative estimate of drug-likeness (QED) is 0.851. The molecule has 0 N–H and O–H groups in total. The Morgan fingerprint density at radius 1 is 1.35 bits per heavy atom. The molecule has 1 aliphatic carbocycles. The maximum Gasteiger partial charge on any atom is 0.420 e. The van der Waals surface area contributed by atoms with Crippen LogP contribution in [0.1, 0.15) is 30.4 Å². The van der Waals surface area contributed by atoms with Crippen LogP contribution in [0.5, 0.6) is 5.75 Å². The molecule has 0 saturated heterocycles. The number of nitrogens with zero attached hydrogens (tertiary/aromatic N) is 1. The number of thiol groups is 1. The van der Waals surface area contributed by atoms with Crippen molar-refractivity contribution in [3.05, 3.63) is 29.3 Å².